The molecule has 0 aliphatic heterocycles. The van der Waals surface area contributed by atoms with Gasteiger partial charge in [0.25, 0.3) is 5.91 Å². The van der Waals surface area contributed by atoms with E-state index in [0.717, 1.165) is 34.3 Å². The van der Waals surface area contributed by atoms with E-state index < -0.39 is 0 Å². The molecule has 1 amide bonds. The maximum atomic E-state index is 12.4. The normalized spacial score (nSPS) is 11.0. The third-order valence-corrected chi connectivity index (χ3v) is 4.30. The number of benzene rings is 1. The third kappa shape index (κ3) is 2.59. The first-order valence-corrected chi connectivity index (χ1v) is 7.92. The minimum Gasteiger partial charge on any atom is -0.461 e. The molecule has 0 spiro atoms. The van der Waals surface area contributed by atoms with E-state index in [1.165, 1.54) is 11.3 Å². The van der Waals surface area contributed by atoms with Gasteiger partial charge in [0, 0.05) is 36.3 Å². The van der Waals surface area contributed by atoms with E-state index in [9.17, 15) is 4.79 Å². The van der Waals surface area contributed by atoms with E-state index in [1.807, 2.05) is 42.1 Å². The summed E-state index contributed by atoms with van der Waals surface area (Å²) in [5, 5.41) is 4.90. The topological polar surface area (TPSA) is 33.5 Å². The summed E-state index contributed by atoms with van der Waals surface area (Å²) in [5.74, 6) is 1.00. The van der Waals surface area contributed by atoms with Crippen molar-refractivity contribution in [2.24, 2.45) is 0 Å². The Hall–Kier alpha value is -2.07. The number of para-hydroxylation sites is 1. The lowest BCUT2D eigenvalue weighted by Gasteiger charge is -2.16. The van der Waals surface area contributed by atoms with Crippen molar-refractivity contribution in [3.05, 3.63) is 58.0 Å². The summed E-state index contributed by atoms with van der Waals surface area (Å²) in [6.07, 6.45) is 0.824. The van der Waals surface area contributed by atoms with Gasteiger partial charge in [0.05, 0.1) is 5.56 Å². The van der Waals surface area contributed by atoms with Crippen LogP contribution in [-0.4, -0.2) is 17.9 Å². The number of fused-ring (bicyclic) bond motifs is 1. The minimum atomic E-state index is 0.0450. The summed E-state index contributed by atoms with van der Waals surface area (Å²) in [6.45, 7) is 2.64. The van der Waals surface area contributed by atoms with Crippen molar-refractivity contribution in [2.75, 3.05) is 7.05 Å². The lowest BCUT2D eigenvalue weighted by Crippen LogP contribution is -2.26. The number of hydrogen-bond acceptors (Lipinski definition) is 3. The molecule has 3 aromatic rings. The van der Waals surface area contributed by atoms with Crippen LogP contribution in [0.15, 0.2) is 45.5 Å². The fourth-order valence-electron chi connectivity index (χ4n) is 2.52. The van der Waals surface area contributed by atoms with Crippen molar-refractivity contribution >= 4 is 28.2 Å². The van der Waals surface area contributed by atoms with E-state index in [-0.39, 0.29) is 5.91 Å². The average Bonchev–Trinajstić information content (AvgIpc) is 3.14. The van der Waals surface area contributed by atoms with Crippen LogP contribution in [0.4, 0.5) is 0 Å². The first-order chi connectivity index (χ1) is 10.2. The molecule has 21 heavy (non-hydrogen) atoms. The average molecular weight is 299 g/mol. The number of hydrogen-bond donors (Lipinski definition) is 0. The summed E-state index contributed by atoms with van der Waals surface area (Å²) < 4.78 is 5.88. The summed E-state index contributed by atoms with van der Waals surface area (Å²) in [6, 6.07) is 9.85. The fourth-order valence-corrected chi connectivity index (χ4v) is 3.15. The number of nitrogens with zero attached hydrogens (tertiary/aromatic N) is 1. The predicted molar refractivity (Wildman–Crippen MR) is 85.7 cm³/mol. The molecule has 0 radical (unpaired) electrons. The van der Waals surface area contributed by atoms with Crippen LogP contribution in [-0.2, 0) is 13.0 Å². The van der Waals surface area contributed by atoms with E-state index >= 15 is 0 Å². The molecule has 2 aromatic heterocycles. The Morgan fingerprint density at radius 3 is 2.81 bits per heavy atom. The molecule has 0 fully saturated rings. The molecular weight excluding hydrogens is 282 g/mol. The number of aryl methyl sites for hydroxylation is 1. The molecule has 0 saturated carbocycles. The van der Waals surface area contributed by atoms with Gasteiger partial charge >= 0.3 is 0 Å². The van der Waals surface area contributed by atoms with Crippen LogP contribution < -0.4 is 0 Å². The Morgan fingerprint density at radius 1 is 1.29 bits per heavy atom. The van der Waals surface area contributed by atoms with Gasteiger partial charge < -0.3 is 9.32 Å². The number of amides is 1. The molecule has 0 N–H and O–H groups in total. The smallest absolute Gasteiger partial charge is 0.254 e. The van der Waals surface area contributed by atoms with E-state index in [4.69, 9.17) is 4.42 Å². The van der Waals surface area contributed by atoms with Gasteiger partial charge in [-0.15, -0.1) is 0 Å². The molecule has 0 aliphatic carbocycles. The van der Waals surface area contributed by atoms with Gasteiger partial charge in [-0.2, -0.15) is 11.3 Å². The molecule has 3 nitrogen and oxygen atoms in total. The molecule has 0 saturated heterocycles. The van der Waals surface area contributed by atoms with Crippen LogP contribution in [0.3, 0.4) is 0 Å². The molecular formula is C17H17NO2S. The monoisotopic (exact) mass is 299 g/mol. The van der Waals surface area contributed by atoms with Crippen molar-refractivity contribution < 1.29 is 9.21 Å². The van der Waals surface area contributed by atoms with Gasteiger partial charge in [0.2, 0.25) is 0 Å². The SMILES string of the molecule is CCc1oc2ccccc2c1CN(C)C(=O)c1ccsc1. The molecule has 0 unspecified atom stereocenters. The summed E-state index contributed by atoms with van der Waals surface area (Å²) >= 11 is 1.54. The molecule has 0 aliphatic rings. The first kappa shape index (κ1) is 13.9. The number of furan rings is 1. The van der Waals surface area contributed by atoms with Crippen LogP contribution in [0, 0.1) is 0 Å². The summed E-state index contributed by atoms with van der Waals surface area (Å²) in [4.78, 5) is 14.1. The fraction of sp³-hybridized carbons (Fsp3) is 0.235. The molecule has 2 heterocycles. The lowest BCUT2D eigenvalue weighted by atomic mass is 10.1. The highest BCUT2D eigenvalue weighted by Crippen LogP contribution is 2.27. The second kappa shape index (κ2) is 5.74. The van der Waals surface area contributed by atoms with Crippen molar-refractivity contribution in [1.82, 2.24) is 4.90 Å². The maximum absolute atomic E-state index is 12.4. The lowest BCUT2D eigenvalue weighted by molar-refractivity contribution is 0.0785. The Labute approximate surface area is 127 Å². The van der Waals surface area contributed by atoms with Gasteiger partial charge in [-0.3, -0.25) is 4.79 Å². The standard InChI is InChI=1S/C17H17NO2S/c1-3-15-14(13-6-4-5-7-16(13)20-15)10-18(2)17(19)12-8-9-21-11-12/h4-9,11H,3,10H2,1-2H3. The Bertz CT molecular complexity index is 758. The van der Waals surface area contributed by atoms with Gasteiger partial charge in [0.1, 0.15) is 11.3 Å². The zero-order valence-corrected chi connectivity index (χ0v) is 12.9. The van der Waals surface area contributed by atoms with Crippen LogP contribution in [0.25, 0.3) is 11.0 Å². The second-order valence-corrected chi connectivity index (χ2v) is 5.81. The number of thiophene rings is 1. The van der Waals surface area contributed by atoms with Gasteiger partial charge in [-0.25, -0.2) is 0 Å². The van der Waals surface area contributed by atoms with Crippen molar-refractivity contribution in [1.29, 1.82) is 0 Å². The van der Waals surface area contributed by atoms with Crippen LogP contribution in [0.5, 0.6) is 0 Å². The van der Waals surface area contributed by atoms with Gasteiger partial charge in [-0.1, -0.05) is 25.1 Å². The van der Waals surface area contributed by atoms with Crippen molar-refractivity contribution in [2.45, 2.75) is 19.9 Å². The minimum absolute atomic E-state index is 0.0450. The molecule has 0 atom stereocenters. The Kier molecular flexibility index (Phi) is 3.80. The zero-order valence-electron chi connectivity index (χ0n) is 12.1. The van der Waals surface area contributed by atoms with Crippen molar-refractivity contribution in [3.8, 4) is 0 Å². The highest BCUT2D eigenvalue weighted by Gasteiger charge is 2.18. The molecule has 108 valence electrons. The Morgan fingerprint density at radius 2 is 2.10 bits per heavy atom. The largest absolute Gasteiger partial charge is 0.461 e. The molecule has 1 aromatic carbocycles. The van der Waals surface area contributed by atoms with E-state index in [1.54, 1.807) is 4.90 Å². The van der Waals surface area contributed by atoms with Gasteiger partial charge in [-0.05, 0) is 17.5 Å². The number of carbonyl (C=O) groups excluding carboxylic acids is 1. The zero-order chi connectivity index (χ0) is 14.8. The summed E-state index contributed by atoms with van der Waals surface area (Å²) in [7, 11) is 1.83. The van der Waals surface area contributed by atoms with Crippen LogP contribution in [0.1, 0.15) is 28.6 Å². The quantitative estimate of drug-likeness (QED) is 0.718. The van der Waals surface area contributed by atoms with Crippen LogP contribution in [0.2, 0.25) is 0 Å². The number of carbonyl (C=O) groups is 1. The van der Waals surface area contributed by atoms with E-state index in [2.05, 4.69) is 13.0 Å². The molecule has 3 rings (SSSR count). The highest BCUT2D eigenvalue weighted by atomic mass is 32.1. The van der Waals surface area contributed by atoms with E-state index in [0.29, 0.717) is 6.54 Å². The van der Waals surface area contributed by atoms with Crippen LogP contribution >= 0.6 is 11.3 Å². The molecule has 4 heteroatoms. The highest BCUT2D eigenvalue weighted by molar-refractivity contribution is 7.08. The summed E-state index contributed by atoms with van der Waals surface area (Å²) in [5.41, 5.74) is 2.74. The second-order valence-electron chi connectivity index (χ2n) is 5.03. The first-order valence-electron chi connectivity index (χ1n) is 6.97. The number of rotatable bonds is 4. The predicted octanol–water partition coefficient (Wildman–Crippen LogP) is 4.33. The Balaban J connectivity index is 1.92. The van der Waals surface area contributed by atoms with Gasteiger partial charge in [0.15, 0.2) is 0 Å². The molecule has 0 bridgehead atoms. The van der Waals surface area contributed by atoms with Crippen molar-refractivity contribution in [3.63, 3.8) is 0 Å². The third-order valence-electron chi connectivity index (χ3n) is 3.61. The maximum Gasteiger partial charge on any atom is 0.254 e.